The number of carbonyl (C=O) groups excluding carboxylic acids is 1. The third-order valence-corrected chi connectivity index (χ3v) is 2.23. The summed E-state index contributed by atoms with van der Waals surface area (Å²) in [6.45, 7) is 0. The molecule has 0 radical (unpaired) electrons. The molecule has 0 aliphatic carbocycles. The highest BCUT2D eigenvalue weighted by atomic mass is 16.6. The molecule has 0 aliphatic rings. The largest absolute Gasteiger partial charge is 0.390 e. The van der Waals surface area contributed by atoms with Crippen molar-refractivity contribution in [2.24, 2.45) is 5.73 Å². The Labute approximate surface area is 96.6 Å². The van der Waals surface area contributed by atoms with E-state index in [1.807, 2.05) is 0 Å². The Morgan fingerprint density at radius 3 is 2.53 bits per heavy atom. The van der Waals surface area contributed by atoms with E-state index in [2.05, 4.69) is 0 Å². The van der Waals surface area contributed by atoms with Crippen molar-refractivity contribution >= 4 is 11.6 Å². The van der Waals surface area contributed by atoms with Gasteiger partial charge < -0.3 is 15.9 Å². The van der Waals surface area contributed by atoms with E-state index in [4.69, 9.17) is 5.73 Å². The molecule has 1 amide bonds. The maximum absolute atomic E-state index is 10.7. The molecule has 7 heteroatoms. The predicted octanol–water partition coefficient (Wildman–Crippen LogP) is -0.136. The zero-order chi connectivity index (χ0) is 13.0. The van der Waals surface area contributed by atoms with Gasteiger partial charge in [0, 0.05) is 6.07 Å². The summed E-state index contributed by atoms with van der Waals surface area (Å²) in [7, 11) is 0. The second-order valence-corrected chi connectivity index (χ2v) is 3.50. The number of benzene rings is 1. The summed E-state index contributed by atoms with van der Waals surface area (Å²) < 4.78 is 0. The number of amides is 1. The molecule has 1 rings (SSSR count). The van der Waals surface area contributed by atoms with Crippen LogP contribution in [0.25, 0.3) is 0 Å². The summed E-state index contributed by atoms with van der Waals surface area (Å²) in [5.41, 5.74) is 4.50. The quantitative estimate of drug-likeness (QED) is 0.487. The van der Waals surface area contributed by atoms with Gasteiger partial charge in [0.15, 0.2) is 0 Å². The Hall–Kier alpha value is -1.99. The lowest BCUT2D eigenvalue weighted by Crippen LogP contribution is -2.26. The summed E-state index contributed by atoms with van der Waals surface area (Å²) >= 11 is 0. The number of para-hydroxylation sites is 1. The van der Waals surface area contributed by atoms with Gasteiger partial charge in [0.1, 0.15) is 6.10 Å². The number of nitro groups is 1. The number of rotatable bonds is 5. The molecule has 0 aliphatic heterocycles. The first-order chi connectivity index (χ1) is 7.93. The molecule has 4 N–H and O–H groups in total. The molecule has 17 heavy (non-hydrogen) atoms. The number of carbonyl (C=O) groups is 1. The van der Waals surface area contributed by atoms with Crippen molar-refractivity contribution in [1.82, 2.24) is 0 Å². The Balaban J connectivity index is 2.99. The lowest BCUT2D eigenvalue weighted by atomic mass is 10.0. The minimum absolute atomic E-state index is 0.0498. The van der Waals surface area contributed by atoms with Crippen LogP contribution in [0.3, 0.4) is 0 Å². The van der Waals surface area contributed by atoms with Crippen LogP contribution in [0.15, 0.2) is 24.3 Å². The van der Waals surface area contributed by atoms with Crippen molar-refractivity contribution in [1.29, 1.82) is 0 Å². The fourth-order valence-corrected chi connectivity index (χ4v) is 1.43. The number of hydrogen-bond acceptors (Lipinski definition) is 5. The molecule has 0 heterocycles. The monoisotopic (exact) mass is 240 g/mol. The first-order valence-electron chi connectivity index (χ1n) is 4.81. The lowest BCUT2D eigenvalue weighted by Gasteiger charge is -2.16. The summed E-state index contributed by atoms with van der Waals surface area (Å²) in [5.74, 6) is -0.796. The summed E-state index contributed by atoms with van der Waals surface area (Å²) in [4.78, 5) is 20.6. The first kappa shape index (κ1) is 13.1. The van der Waals surface area contributed by atoms with Crippen molar-refractivity contribution in [3.05, 3.63) is 39.9 Å². The highest BCUT2D eigenvalue weighted by Crippen LogP contribution is 2.27. The molecule has 1 aromatic carbocycles. The van der Waals surface area contributed by atoms with Gasteiger partial charge in [0.25, 0.3) is 5.69 Å². The topological polar surface area (TPSA) is 127 Å². The molecule has 0 fully saturated rings. The van der Waals surface area contributed by atoms with Crippen LogP contribution in [-0.2, 0) is 4.79 Å². The van der Waals surface area contributed by atoms with Gasteiger partial charge in [-0.1, -0.05) is 12.1 Å². The maximum Gasteiger partial charge on any atom is 0.275 e. The van der Waals surface area contributed by atoms with E-state index in [1.54, 1.807) is 0 Å². The Morgan fingerprint density at radius 2 is 2.00 bits per heavy atom. The maximum atomic E-state index is 10.7. The van der Waals surface area contributed by atoms with Crippen LogP contribution in [0, 0.1) is 10.1 Å². The van der Waals surface area contributed by atoms with Gasteiger partial charge in [-0.15, -0.1) is 0 Å². The molecule has 0 aromatic heterocycles. The van der Waals surface area contributed by atoms with E-state index in [-0.39, 0.29) is 11.3 Å². The molecular weight excluding hydrogens is 228 g/mol. The van der Waals surface area contributed by atoms with Gasteiger partial charge in [-0.05, 0) is 6.07 Å². The number of nitrogens with two attached hydrogens (primary N) is 1. The molecule has 2 atom stereocenters. The zero-order valence-corrected chi connectivity index (χ0v) is 8.81. The minimum Gasteiger partial charge on any atom is -0.390 e. The molecule has 1 aromatic rings. The molecule has 2 unspecified atom stereocenters. The highest BCUT2D eigenvalue weighted by molar-refractivity contribution is 5.74. The second-order valence-electron chi connectivity index (χ2n) is 3.50. The van der Waals surface area contributed by atoms with Crippen LogP contribution < -0.4 is 5.73 Å². The van der Waals surface area contributed by atoms with Gasteiger partial charge in [0.05, 0.1) is 23.0 Å². The number of hydrogen-bond donors (Lipinski definition) is 3. The van der Waals surface area contributed by atoms with Gasteiger partial charge in [-0.2, -0.15) is 0 Å². The number of aliphatic hydroxyl groups excluding tert-OH is 2. The van der Waals surface area contributed by atoms with E-state index in [0.29, 0.717) is 0 Å². The average molecular weight is 240 g/mol. The molecule has 92 valence electrons. The highest BCUT2D eigenvalue weighted by Gasteiger charge is 2.26. The molecule has 0 saturated carbocycles. The zero-order valence-electron chi connectivity index (χ0n) is 8.81. The van der Waals surface area contributed by atoms with Gasteiger partial charge in [0.2, 0.25) is 5.91 Å². The molecular formula is C10H12N2O5. The van der Waals surface area contributed by atoms with Crippen LogP contribution in [0.1, 0.15) is 18.1 Å². The number of primary amides is 1. The third kappa shape index (κ3) is 3.23. The summed E-state index contributed by atoms with van der Waals surface area (Å²) in [6.07, 6.45) is -3.45. The van der Waals surface area contributed by atoms with Gasteiger partial charge >= 0.3 is 0 Å². The fraction of sp³-hybridized carbons (Fsp3) is 0.300. The number of nitrogens with zero attached hydrogens (tertiary/aromatic N) is 1. The van der Waals surface area contributed by atoms with Gasteiger partial charge in [-0.3, -0.25) is 14.9 Å². The van der Waals surface area contributed by atoms with Crippen molar-refractivity contribution in [3.8, 4) is 0 Å². The molecule has 7 nitrogen and oxygen atoms in total. The Kier molecular flexibility index (Phi) is 4.13. The molecule has 0 saturated heterocycles. The predicted molar refractivity (Wildman–Crippen MR) is 57.9 cm³/mol. The lowest BCUT2D eigenvalue weighted by molar-refractivity contribution is -0.386. The first-order valence-corrected chi connectivity index (χ1v) is 4.81. The van der Waals surface area contributed by atoms with Crippen molar-refractivity contribution in [2.75, 3.05) is 0 Å². The average Bonchev–Trinajstić information content (AvgIpc) is 2.27. The number of nitro benzene ring substituents is 1. The smallest absolute Gasteiger partial charge is 0.275 e. The Bertz CT molecular complexity index is 434. The molecule has 0 bridgehead atoms. The van der Waals surface area contributed by atoms with E-state index < -0.39 is 29.5 Å². The normalized spacial score (nSPS) is 14.0. The van der Waals surface area contributed by atoms with Gasteiger partial charge in [-0.25, -0.2) is 0 Å². The fourth-order valence-electron chi connectivity index (χ4n) is 1.43. The van der Waals surface area contributed by atoms with Crippen molar-refractivity contribution in [3.63, 3.8) is 0 Å². The van der Waals surface area contributed by atoms with E-state index in [1.165, 1.54) is 24.3 Å². The minimum atomic E-state index is -1.52. The van der Waals surface area contributed by atoms with E-state index in [9.17, 15) is 25.1 Å². The van der Waals surface area contributed by atoms with Crippen LogP contribution >= 0.6 is 0 Å². The SMILES string of the molecule is NC(=O)CC(O)C(O)c1ccccc1[N+](=O)[O-]. The molecule has 0 spiro atoms. The van der Waals surface area contributed by atoms with Crippen molar-refractivity contribution in [2.45, 2.75) is 18.6 Å². The van der Waals surface area contributed by atoms with Crippen molar-refractivity contribution < 1.29 is 19.9 Å². The Morgan fingerprint density at radius 1 is 1.41 bits per heavy atom. The summed E-state index contributed by atoms with van der Waals surface area (Å²) in [6, 6.07) is 5.44. The third-order valence-electron chi connectivity index (χ3n) is 2.23. The summed E-state index contributed by atoms with van der Waals surface area (Å²) in [5, 5.41) is 29.9. The standard InChI is InChI=1S/C10H12N2O5/c11-9(14)5-8(13)10(15)6-3-1-2-4-7(6)12(16)17/h1-4,8,10,13,15H,5H2,(H2,11,14). The van der Waals surface area contributed by atoms with Crippen LogP contribution in [0.2, 0.25) is 0 Å². The van der Waals surface area contributed by atoms with Crippen LogP contribution in [0.5, 0.6) is 0 Å². The van der Waals surface area contributed by atoms with E-state index in [0.717, 1.165) is 0 Å². The number of aliphatic hydroxyl groups is 2. The van der Waals surface area contributed by atoms with E-state index >= 15 is 0 Å². The second kappa shape index (κ2) is 5.37. The van der Waals surface area contributed by atoms with Crippen LogP contribution in [-0.4, -0.2) is 27.1 Å². The van der Waals surface area contributed by atoms with Crippen LogP contribution in [0.4, 0.5) is 5.69 Å².